The molecular weight excluding hydrogens is 276 g/mol. The summed E-state index contributed by atoms with van der Waals surface area (Å²) in [5.41, 5.74) is 0.398. The molecule has 0 amide bonds. The number of aliphatic hydroxyl groups is 1. The minimum Gasteiger partial charge on any atom is -0.383 e. The molecule has 0 saturated carbocycles. The number of rotatable bonds is 1. The lowest BCUT2D eigenvalue weighted by atomic mass is 9.90. The van der Waals surface area contributed by atoms with Gasteiger partial charge in [-0.1, -0.05) is 6.07 Å². The fraction of sp³-hybridized carbons (Fsp3) is 0.500. The molecule has 4 heterocycles. The third-order valence-electron chi connectivity index (χ3n) is 4.76. The number of nitrogens with zero attached hydrogens (tertiary/aromatic N) is 2. The van der Waals surface area contributed by atoms with Crippen molar-refractivity contribution in [2.75, 3.05) is 0 Å². The van der Waals surface area contributed by atoms with Gasteiger partial charge in [-0.05, 0) is 37.8 Å². The van der Waals surface area contributed by atoms with Gasteiger partial charge in [0.05, 0.1) is 22.4 Å². The molecule has 0 spiro atoms. The molecule has 106 valence electrons. The zero-order valence-electron chi connectivity index (χ0n) is 10.9. The Morgan fingerprint density at radius 3 is 2.65 bits per heavy atom. The summed E-state index contributed by atoms with van der Waals surface area (Å²) in [7, 11) is -3.03. The van der Waals surface area contributed by atoms with Gasteiger partial charge in [-0.2, -0.15) is 0 Å². The number of imidazole rings is 1. The van der Waals surface area contributed by atoms with Crippen LogP contribution in [0.5, 0.6) is 0 Å². The summed E-state index contributed by atoms with van der Waals surface area (Å²) in [4.78, 5) is 4.30. The smallest absolute Gasteiger partial charge is 0.156 e. The zero-order chi connectivity index (χ0) is 14.0. The first kappa shape index (κ1) is 12.3. The van der Waals surface area contributed by atoms with Crippen molar-refractivity contribution in [2.45, 2.75) is 41.8 Å². The molecule has 4 rings (SSSR count). The van der Waals surface area contributed by atoms with Crippen LogP contribution in [0.3, 0.4) is 0 Å². The van der Waals surface area contributed by atoms with Gasteiger partial charge in [0.2, 0.25) is 0 Å². The van der Waals surface area contributed by atoms with Crippen LogP contribution in [0.1, 0.15) is 31.4 Å². The highest BCUT2D eigenvalue weighted by Gasteiger charge is 2.54. The minimum absolute atomic E-state index is 0.286. The van der Waals surface area contributed by atoms with Crippen molar-refractivity contribution in [3.05, 3.63) is 36.3 Å². The highest BCUT2D eigenvalue weighted by Crippen LogP contribution is 2.47. The number of aromatic nitrogens is 2. The average Bonchev–Trinajstić information content (AvgIpc) is 2.88. The molecular formula is C14H16N2O3S. The van der Waals surface area contributed by atoms with Crippen LogP contribution in [-0.4, -0.2) is 33.4 Å². The summed E-state index contributed by atoms with van der Waals surface area (Å²) in [6, 6.07) is 5.65. The Morgan fingerprint density at radius 2 is 1.95 bits per heavy atom. The second kappa shape index (κ2) is 3.83. The quantitative estimate of drug-likeness (QED) is 0.859. The van der Waals surface area contributed by atoms with E-state index in [0.29, 0.717) is 18.5 Å². The molecule has 5 nitrogen and oxygen atoms in total. The van der Waals surface area contributed by atoms with Crippen molar-refractivity contribution >= 4 is 15.5 Å². The molecule has 20 heavy (non-hydrogen) atoms. The third kappa shape index (κ3) is 1.52. The van der Waals surface area contributed by atoms with Crippen LogP contribution in [0.4, 0.5) is 0 Å². The number of fused-ring (bicyclic) bond motifs is 3. The molecule has 2 bridgehead atoms. The summed E-state index contributed by atoms with van der Waals surface area (Å²) in [5, 5.41) is 10.2. The van der Waals surface area contributed by atoms with Gasteiger partial charge in [-0.3, -0.25) is 0 Å². The van der Waals surface area contributed by atoms with Crippen LogP contribution >= 0.6 is 0 Å². The maximum absolute atomic E-state index is 12.2. The molecule has 2 aliphatic rings. The Balaban J connectivity index is 1.83. The molecule has 1 N–H and O–H groups in total. The number of pyridine rings is 1. The summed E-state index contributed by atoms with van der Waals surface area (Å²) >= 11 is 0. The van der Waals surface area contributed by atoms with Gasteiger partial charge in [-0.25, -0.2) is 13.4 Å². The predicted molar refractivity (Wildman–Crippen MR) is 74.1 cm³/mol. The van der Waals surface area contributed by atoms with E-state index in [1.54, 1.807) is 6.20 Å². The van der Waals surface area contributed by atoms with Crippen molar-refractivity contribution in [3.8, 4) is 0 Å². The van der Waals surface area contributed by atoms with Crippen LogP contribution in [0.2, 0.25) is 0 Å². The van der Waals surface area contributed by atoms with E-state index >= 15 is 0 Å². The van der Waals surface area contributed by atoms with Crippen LogP contribution in [0.25, 0.3) is 5.65 Å². The van der Waals surface area contributed by atoms with E-state index in [1.165, 1.54) is 0 Å². The van der Waals surface area contributed by atoms with Crippen LogP contribution in [-0.2, 0) is 15.4 Å². The van der Waals surface area contributed by atoms with E-state index in [4.69, 9.17) is 0 Å². The number of hydrogen-bond acceptors (Lipinski definition) is 4. The molecule has 2 atom stereocenters. The van der Waals surface area contributed by atoms with Gasteiger partial charge in [-0.15, -0.1) is 0 Å². The van der Waals surface area contributed by atoms with Crippen LogP contribution in [0, 0.1) is 0 Å². The highest BCUT2D eigenvalue weighted by molar-refractivity contribution is 7.93. The molecule has 2 aliphatic heterocycles. The van der Waals surface area contributed by atoms with E-state index in [-0.39, 0.29) is 12.8 Å². The summed E-state index contributed by atoms with van der Waals surface area (Å²) < 4.78 is 26.2. The second-order valence-electron chi connectivity index (χ2n) is 5.92. The monoisotopic (exact) mass is 292 g/mol. The lowest BCUT2D eigenvalue weighted by Gasteiger charge is -2.35. The lowest BCUT2D eigenvalue weighted by Crippen LogP contribution is -2.43. The van der Waals surface area contributed by atoms with Gasteiger partial charge < -0.3 is 9.51 Å². The molecule has 2 fully saturated rings. The van der Waals surface area contributed by atoms with E-state index in [2.05, 4.69) is 4.98 Å². The van der Waals surface area contributed by atoms with E-state index in [9.17, 15) is 13.5 Å². The van der Waals surface area contributed by atoms with Gasteiger partial charge in [0.1, 0.15) is 11.2 Å². The van der Waals surface area contributed by atoms with E-state index in [0.717, 1.165) is 5.65 Å². The average molecular weight is 292 g/mol. The predicted octanol–water partition coefficient (Wildman–Crippen LogP) is 1.26. The first-order valence-electron chi connectivity index (χ1n) is 6.88. The maximum atomic E-state index is 12.2. The Hall–Kier alpha value is -1.40. The second-order valence-corrected chi connectivity index (χ2v) is 8.43. The maximum Gasteiger partial charge on any atom is 0.156 e. The van der Waals surface area contributed by atoms with Gasteiger partial charge in [0, 0.05) is 6.20 Å². The van der Waals surface area contributed by atoms with Crippen molar-refractivity contribution in [2.24, 2.45) is 0 Å². The first-order valence-corrected chi connectivity index (χ1v) is 8.49. The molecule has 2 saturated heterocycles. The van der Waals surface area contributed by atoms with Crippen molar-refractivity contribution in [3.63, 3.8) is 0 Å². The summed E-state index contributed by atoms with van der Waals surface area (Å²) in [5.74, 6) is 0. The number of hydrogen-bond donors (Lipinski definition) is 1. The first-order chi connectivity index (χ1) is 9.51. The minimum atomic E-state index is -3.03. The molecule has 2 aromatic rings. The van der Waals surface area contributed by atoms with Gasteiger partial charge in [0.15, 0.2) is 9.84 Å². The highest BCUT2D eigenvalue weighted by atomic mass is 32.2. The SMILES string of the molecule is O=S1(=O)C2CCC1CC(O)(c1cnc3ccccn13)C2. The van der Waals surface area contributed by atoms with Gasteiger partial charge in [0.25, 0.3) is 0 Å². The molecule has 2 aromatic heterocycles. The third-order valence-corrected chi connectivity index (χ3v) is 7.43. The lowest BCUT2D eigenvalue weighted by molar-refractivity contribution is 0.0123. The molecule has 6 heteroatoms. The fourth-order valence-corrected chi connectivity index (χ4v) is 6.22. The van der Waals surface area contributed by atoms with Crippen LogP contribution in [0.15, 0.2) is 30.6 Å². The van der Waals surface area contributed by atoms with Crippen molar-refractivity contribution in [1.29, 1.82) is 0 Å². The molecule has 0 radical (unpaired) electrons. The number of sulfone groups is 1. The Labute approximate surface area is 117 Å². The summed E-state index contributed by atoms with van der Waals surface area (Å²) in [6.07, 6.45) is 5.45. The molecule has 2 unspecified atom stereocenters. The Bertz CT molecular complexity index is 761. The zero-order valence-corrected chi connectivity index (χ0v) is 11.8. The van der Waals surface area contributed by atoms with Crippen LogP contribution < -0.4 is 0 Å². The Morgan fingerprint density at radius 1 is 1.25 bits per heavy atom. The summed E-state index contributed by atoms with van der Waals surface area (Å²) in [6.45, 7) is 0. The molecule has 0 aliphatic carbocycles. The standard InChI is InChI=1S/C14H16N2O3S/c17-14(7-10-4-5-11(8-14)20(10,18)19)12-9-15-13-3-1-2-6-16(12)13/h1-3,6,9-11,17H,4-5,7-8H2. The van der Waals surface area contributed by atoms with Crippen molar-refractivity contribution < 1.29 is 13.5 Å². The fourth-order valence-electron chi connectivity index (χ4n) is 3.73. The Kier molecular flexibility index (Phi) is 2.36. The topological polar surface area (TPSA) is 71.7 Å². The normalized spacial score (nSPS) is 35.5. The molecule has 0 aromatic carbocycles. The van der Waals surface area contributed by atoms with Gasteiger partial charge >= 0.3 is 0 Å². The van der Waals surface area contributed by atoms with E-state index in [1.807, 2.05) is 28.8 Å². The van der Waals surface area contributed by atoms with E-state index < -0.39 is 25.9 Å². The van der Waals surface area contributed by atoms with Crippen molar-refractivity contribution in [1.82, 2.24) is 9.38 Å². The largest absolute Gasteiger partial charge is 0.383 e.